The predicted molar refractivity (Wildman–Crippen MR) is 84.5 cm³/mol. The van der Waals surface area contributed by atoms with Crippen molar-refractivity contribution in [3.63, 3.8) is 0 Å². The van der Waals surface area contributed by atoms with E-state index in [0.29, 0.717) is 13.0 Å². The zero-order chi connectivity index (χ0) is 15.5. The molecule has 0 spiro atoms. The van der Waals surface area contributed by atoms with Crippen LogP contribution in [0.4, 0.5) is 0 Å². The first-order valence-corrected chi connectivity index (χ1v) is 7.86. The molecule has 0 fully saturated rings. The Kier molecular flexibility index (Phi) is 4.80. The maximum absolute atomic E-state index is 11.5. The number of nitrogens with one attached hydrogen (secondary N) is 1. The van der Waals surface area contributed by atoms with Gasteiger partial charge in [0.1, 0.15) is 11.4 Å². The van der Waals surface area contributed by atoms with Crippen molar-refractivity contribution in [3.05, 3.63) is 29.9 Å². The lowest BCUT2D eigenvalue weighted by Gasteiger charge is -2.29. The molecule has 0 saturated heterocycles. The molecular weight excluding hydrogens is 286 g/mol. The van der Waals surface area contributed by atoms with Gasteiger partial charge in [-0.3, -0.25) is 10.1 Å². The first kappa shape index (κ1) is 15.7. The summed E-state index contributed by atoms with van der Waals surface area (Å²) in [6, 6.07) is 4.12. The van der Waals surface area contributed by atoms with Gasteiger partial charge in [0.05, 0.1) is 4.88 Å². The molecule has 0 aromatic carbocycles. The van der Waals surface area contributed by atoms with Gasteiger partial charge >= 0.3 is 5.97 Å². The van der Waals surface area contributed by atoms with Crippen molar-refractivity contribution in [2.24, 2.45) is 0 Å². The highest BCUT2D eigenvalue weighted by molar-refractivity contribution is 7.13. The Morgan fingerprint density at radius 2 is 2.33 bits per heavy atom. The van der Waals surface area contributed by atoms with E-state index in [1.807, 2.05) is 42.1 Å². The Hall–Kier alpha value is -1.66. The Bertz CT molecular complexity index is 592. The minimum Gasteiger partial charge on any atom is -0.480 e. The molecule has 6 heteroatoms. The number of imidazole rings is 1. The van der Waals surface area contributed by atoms with Crippen molar-refractivity contribution in [2.45, 2.75) is 45.3 Å². The standard InChI is InChI=1S/C15H21N3O2S/c1-11(2)17-15(3,14(19)20)6-8-18-9-7-16-13(18)12-5-4-10-21-12/h4-5,7,9-11,17H,6,8H2,1-3H3,(H,19,20). The van der Waals surface area contributed by atoms with E-state index >= 15 is 0 Å². The monoisotopic (exact) mass is 307 g/mol. The summed E-state index contributed by atoms with van der Waals surface area (Å²) >= 11 is 1.63. The third-order valence-corrected chi connectivity index (χ3v) is 4.25. The average Bonchev–Trinajstić information content (AvgIpc) is 3.06. The molecule has 0 amide bonds. The Balaban J connectivity index is 2.12. The van der Waals surface area contributed by atoms with Crippen LogP contribution in [-0.4, -0.2) is 32.2 Å². The molecule has 114 valence electrons. The van der Waals surface area contributed by atoms with Gasteiger partial charge in [-0.1, -0.05) is 6.07 Å². The summed E-state index contributed by atoms with van der Waals surface area (Å²) in [6.45, 7) is 6.25. The van der Waals surface area contributed by atoms with Crippen LogP contribution in [0, 0.1) is 0 Å². The van der Waals surface area contributed by atoms with Gasteiger partial charge < -0.3 is 9.67 Å². The zero-order valence-corrected chi connectivity index (χ0v) is 13.4. The molecule has 2 N–H and O–H groups in total. The molecule has 0 radical (unpaired) electrons. The largest absolute Gasteiger partial charge is 0.480 e. The molecule has 1 unspecified atom stereocenters. The first-order valence-electron chi connectivity index (χ1n) is 6.98. The number of aryl methyl sites for hydroxylation is 1. The van der Waals surface area contributed by atoms with Crippen molar-refractivity contribution in [2.75, 3.05) is 0 Å². The molecule has 0 aliphatic heterocycles. The number of carboxylic acids is 1. The highest BCUT2D eigenvalue weighted by atomic mass is 32.1. The highest BCUT2D eigenvalue weighted by Gasteiger charge is 2.33. The van der Waals surface area contributed by atoms with Gasteiger partial charge in [-0.15, -0.1) is 11.3 Å². The number of nitrogens with zero attached hydrogens (tertiary/aromatic N) is 2. The lowest BCUT2D eigenvalue weighted by Crippen LogP contribution is -2.52. The molecule has 5 nitrogen and oxygen atoms in total. The fraction of sp³-hybridized carbons (Fsp3) is 0.467. The normalized spacial score (nSPS) is 14.3. The van der Waals surface area contributed by atoms with E-state index in [1.54, 1.807) is 24.5 Å². The minimum absolute atomic E-state index is 0.116. The third kappa shape index (κ3) is 3.71. The third-order valence-electron chi connectivity index (χ3n) is 3.39. The molecule has 2 heterocycles. The van der Waals surface area contributed by atoms with E-state index in [1.165, 1.54) is 0 Å². The van der Waals surface area contributed by atoms with Crippen molar-refractivity contribution in [3.8, 4) is 10.7 Å². The quantitative estimate of drug-likeness (QED) is 0.825. The topological polar surface area (TPSA) is 67.2 Å². The van der Waals surface area contributed by atoms with Crippen LogP contribution in [0.5, 0.6) is 0 Å². The van der Waals surface area contributed by atoms with Crippen LogP contribution in [0.1, 0.15) is 27.2 Å². The molecule has 2 aromatic rings. The van der Waals surface area contributed by atoms with Crippen molar-refractivity contribution >= 4 is 17.3 Å². The second-order valence-electron chi connectivity index (χ2n) is 5.61. The smallest absolute Gasteiger partial charge is 0.323 e. The van der Waals surface area contributed by atoms with Crippen LogP contribution in [0.2, 0.25) is 0 Å². The molecule has 0 aliphatic rings. The van der Waals surface area contributed by atoms with Crippen LogP contribution in [0.15, 0.2) is 29.9 Å². The van der Waals surface area contributed by atoms with Crippen LogP contribution in [0.3, 0.4) is 0 Å². The van der Waals surface area contributed by atoms with Gasteiger partial charge in [0.25, 0.3) is 0 Å². The van der Waals surface area contributed by atoms with E-state index in [-0.39, 0.29) is 6.04 Å². The van der Waals surface area contributed by atoms with Crippen LogP contribution in [0.25, 0.3) is 10.7 Å². The summed E-state index contributed by atoms with van der Waals surface area (Å²) in [5.41, 5.74) is -0.939. The van der Waals surface area contributed by atoms with Gasteiger partial charge in [0.2, 0.25) is 0 Å². The van der Waals surface area contributed by atoms with Gasteiger partial charge in [-0.2, -0.15) is 0 Å². The summed E-state index contributed by atoms with van der Waals surface area (Å²) in [4.78, 5) is 17.0. The van der Waals surface area contributed by atoms with Crippen LogP contribution in [-0.2, 0) is 11.3 Å². The van der Waals surface area contributed by atoms with E-state index in [0.717, 1.165) is 10.7 Å². The van der Waals surface area contributed by atoms with Crippen molar-refractivity contribution < 1.29 is 9.90 Å². The maximum atomic E-state index is 11.5. The highest BCUT2D eigenvalue weighted by Crippen LogP contribution is 2.24. The number of thiophene rings is 1. The predicted octanol–water partition coefficient (Wildman–Crippen LogP) is 2.84. The van der Waals surface area contributed by atoms with E-state index < -0.39 is 11.5 Å². The number of carboxylic acid groups (broad SMARTS) is 1. The lowest BCUT2D eigenvalue weighted by atomic mass is 9.97. The Morgan fingerprint density at radius 3 is 2.90 bits per heavy atom. The fourth-order valence-electron chi connectivity index (χ4n) is 2.34. The number of aromatic nitrogens is 2. The molecule has 0 aliphatic carbocycles. The Labute approximate surface area is 128 Å². The number of rotatable bonds is 7. The molecule has 2 aromatic heterocycles. The average molecular weight is 307 g/mol. The molecule has 0 saturated carbocycles. The van der Waals surface area contributed by atoms with Crippen LogP contribution >= 0.6 is 11.3 Å². The van der Waals surface area contributed by atoms with E-state index in [2.05, 4.69) is 10.3 Å². The second-order valence-corrected chi connectivity index (χ2v) is 6.56. The van der Waals surface area contributed by atoms with Gasteiger partial charge in [-0.05, 0) is 38.6 Å². The molecule has 21 heavy (non-hydrogen) atoms. The van der Waals surface area contributed by atoms with E-state index in [9.17, 15) is 9.90 Å². The number of hydrogen-bond donors (Lipinski definition) is 2. The number of hydrogen-bond acceptors (Lipinski definition) is 4. The minimum atomic E-state index is -0.939. The summed E-state index contributed by atoms with van der Waals surface area (Å²) in [7, 11) is 0. The van der Waals surface area contributed by atoms with E-state index in [4.69, 9.17) is 0 Å². The van der Waals surface area contributed by atoms with Crippen molar-refractivity contribution in [1.82, 2.24) is 14.9 Å². The second kappa shape index (κ2) is 6.41. The summed E-state index contributed by atoms with van der Waals surface area (Å²) in [5, 5.41) is 14.6. The van der Waals surface area contributed by atoms with Gasteiger partial charge in [0.15, 0.2) is 0 Å². The van der Waals surface area contributed by atoms with Crippen molar-refractivity contribution in [1.29, 1.82) is 0 Å². The van der Waals surface area contributed by atoms with Gasteiger partial charge in [-0.25, -0.2) is 4.98 Å². The SMILES string of the molecule is CC(C)NC(C)(CCn1ccnc1-c1cccs1)C(=O)O. The molecular formula is C15H21N3O2S. The lowest BCUT2D eigenvalue weighted by molar-refractivity contribution is -0.144. The molecule has 1 atom stereocenters. The maximum Gasteiger partial charge on any atom is 0.323 e. The molecule has 0 bridgehead atoms. The van der Waals surface area contributed by atoms with Gasteiger partial charge in [0, 0.05) is 25.0 Å². The number of aliphatic carboxylic acids is 1. The Morgan fingerprint density at radius 1 is 1.57 bits per heavy atom. The first-order chi connectivity index (χ1) is 9.92. The molecule has 2 rings (SSSR count). The summed E-state index contributed by atoms with van der Waals surface area (Å²) in [6.07, 6.45) is 4.14. The summed E-state index contributed by atoms with van der Waals surface area (Å²) < 4.78 is 2.01. The summed E-state index contributed by atoms with van der Waals surface area (Å²) in [5.74, 6) is 0.0660. The number of carbonyl (C=O) groups is 1. The zero-order valence-electron chi connectivity index (χ0n) is 12.5. The van der Waals surface area contributed by atoms with Crippen LogP contribution < -0.4 is 5.32 Å². The fourth-order valence-corrected chi connectivity index (χ4v) is 3.08.